The summed E-state index contributed by atoms with van der Waals surface area (Å²) in [4.78, 5) is 11.0. The summed E-state index contributed by atoms with van der Waals surface area (Å²) >= 11 is 0. The summed E-state index contributed by atoms with van der Waals surface area (Å²) in [5, 5.41) is 13.1. The first-order valence-corrected chi connectivity index (χ1v) is 11.6. The van der Waals surface area contributed by atoms with Crippen LogP contribution in [0.25, 0.3) is 22.4 Å². The van der Waals surface area contributed by atoms with E-state index < -0.39 is 12.3 Å². The zero-order chi connectivity index (χ0) is 26.0. The van der Waals surface area contributed by atoms with Gasteiger partial charge < -0.3 is 19.1 Å². The van der Waals surface area contributed by atoms with E-state index in [2.05, 4.69) is 9.89 Å². The minimum absolute atomic E-state index is 0.0269. The van der Waals surface area contributed by atoms with Gasteiger partial charge in [0.05, 0.1) is 12.0 Å². The lowest BCUT2D eigenvalue weighted by Gasteiger charge is -2.14. The summed E-state index contributed by atoms with van der Waals surface area (Å²) in [5.74, 6) is 0.0329. The van der Waals surface area contributed by atoms with Gasteiger partial charge in [-0.05, 0) is 42.2 Å². The van der Waals surface area contributed by atoms with Crippen LogP contribution in [0.2, 0.25) is 0 Å². The number of nitrogens with zero attached hydrogens (tertiary/aromatic N) is 1. The Balaban J connectivity index is 1.45. The topological polar surface area (TPSA) is 81.8 Å². The molecule has 0 spiro atoms. The van der Waals surface area contributed by atoms with Crippen molar-refractivity contribution in [1.82, 2.24) is 5.16 Å². The molecule has 190 valence electrons. The van der Waals surface area contributed by atoms with Gasteiger partial charge in [-0.15, -0.1) is 13.2 Å². The Morgan fingerprint density at radius 2 is 1.59 bits per heavy atom. The minimum Gasteiger partial charge on any atom is -0.488 e. The summed E-state index contributed by atoms with van der Waals surface area (Å²) in [6, 6.07) is 20.3. The molecule has 1 aliphatic carbocycles. The fraction of sp³-hybridized carbons (Fsp3) is 0.214. The number of hydrogen-bond acceptors (Lipinski definition) is 5. The summed E-state index contributed by atoms with van der Waals surface area (Å²) in [6.45, 7) is 0.0269. The second-order valence-corrected chi connectivity index (χ2v) is 8.74. The van der Waals surface area contributed by atoms with E-state index >= 15 is 0 Å². The standard InChI is InChI=1S/C28H22F3NO5/c29-28(30,31)36-24-8-4-2-6-21(24)26-22(27(37-32-26)19-13-14-19)16-35-23-7-3-1-5-20(23)18-11-9-17(10-12-18)15-25(33)34/h1-12,19H,13-16H2,(H,33,34). The van der Waals surface area contributed by atoms with Crippen LogP contribution < -0.4 is 9.47 Å². The lowest BCUT2D eigenvalue weighted by Crippen LogP contribution is -2.17. The number of aromatic nitrogens is 1. The van der Waals surface area contributed by atoms with Crippen molar-refractivity contribution < 1.29 is 37.1 Å². The van der Waals surface area contributed by atoms with E-state index in [4.69, 9.17) is 14.4 Å². The molecule has 1 N–H and O–H groups in total. The molecular formula is C28H22F3NO5. The predicted octanol–water partition coefficient (Wildman–Crippen LogP) is 6.99. The van der Waals surface area contributed by atoms with Crippen LogP contribution >= 0.6 is 0 Å². The zero-order valence-electron chi connectivity index (χ0n) is 19.5. The molecule has 6 nitrogen and oxygen atoms in total. The Kier molecular flexibility index (Phi) is 6.60. The summed E-state index contributed by atoms with van der Waals surface area (Å²) in [6.07, 6.45) is -3.11. The molecular weight excluding hydrogens is 487 g/mol. The second-order valence-electron chi connectivity index (χ2n) is 8.74. The molecule has 1 aromatic heterocycles. The van der Waals surface area contributed by atoms with Gasteiger partial charge in [0.25, 0.3) is 0 Å². The number of hydrogen-bond donors (Lipinski definition) is 1. The first-order valence-electron chi connectivity index (χ1n) is 11.6. The van der Waals surface area contributed by atoms with Crippen molar-refractivity contribution in [1.29, 1.82) is 0 Å². The Morgan fingerprint density at radius 3 is 2.24 bits per heavy atom. The number of ether oxygens (including phenoxy) is 2. The molecule has 3 aromatic carbocycles. The van der Waals surface area contributed by atoms with Crippen LogP contribution in [0.4, 0.5) is 13.2 Å². The number of para-hydroxylation sites is 2. The third-order valence-corrected chi connectivity index (χ3v) is 6.01. The van der Waals surface area contributed by atoms with E-state index in [1.807, 2.05) is 30.3 Å². The molecule has 0 aliphatic heterocycles. The third-order valence-electron chi connectivity index (χ3n) is 6.01. The van der Waals surface area contributed by atoms with E-state index in [1.165, 1.54) is 18.2 Å². The molecule has 1 saturated carbocycles. The van der Waals surface area contributed by atoms with Gasteiger partial charge in [0.15, 0.2) is 0 Å². The Hall–Kier alpha value is -4.27. The molecule has 5 rings (SSSR count). The average Bonchev–Trinajstić information content (AvgIpc) is 3.62. The highest BCUT2D eigenvalue weighted by Crippen LogP contribution is 2.46. The molecule has 0 radical (unpaired) electrons. The van der Waals surface area contributed by atoms with Crippen LogP contribution in [0.3, 0.4) is 0 Å². The number of benzene rings is 3. The van der Waals surface area contributed by atoms with Crippen LogP contribution in [0, 0.1) is 0 Å². The van der Waals surface area contributed by atoms with Crippen molar-refractivity contribution in [2.45, 2.75) is 38.1 Å². The zero-order valence-corrected chi connectivity index (χ0v) is 19.5. The normalized spacial score (nSPS) is 13.4. The molecule has 9 heteroatoms. The maximum atomic E-state index is 13.0. The van der Waals surface area contributed by atoms with Gasteiger partial charge >= 0.3 is 12.3 Å². The molecule has 0 atom stereocenters. The molecule has 1 aliphatic rings. The summed E-state index contributed by atoms with van der Waals surface area (Å²) in [7, 11) is 0. The van der Waals surface area contributed by atoms with E-state index in [1.54, 1.807) is 24.3 Å². The average molecular weight is 509 g/mol. The Morgan fingerprint density at radius 1 is 0.946 bits per heavy atom. The smallest absolute Gasteiger partial charge is 0.488 e. The highest BCUT2D eigenvalue weighted by molar-refractivity contribution is 5.74. The van der Waals surface area contributed by atoms with Crippen molar-refractivity contribution in [2.75, 3.05) is 0 Å². The van der Waals surface area contributed by atoms with Gasteiger partial charge in [-0.3, -0.25) is 4.79 Å². The van der Waals surface area contributed by atoms with Gasteiger partial charge in [0.2, 0.25) is 0 Å². The van der Waals surface area contributed by atoms with Crippen molar-refractivity contribution in [3.63, 3.8) is 0 Å². The van der Waals surface area contributed by atoms with Crippen LogP contribution in [0.5, 0.6) is 11.5 Å². The first kappa shape index (κ1) is 24.4. The largest absolute Gasteiger partial charge is 0.573 e. The molecule has 0 unspecified atom stereocenters. The van der Waals surface area contributed by atoms with Gasteiger partial charge in [-0.2, -0.15) is 0 Å². The van der Waals surface area contributed by atoms with Gasteiger partial charge in [-0.1, -0.05) is 59.8 Å². The number of carboxylic acids is 1. The van der Waals surface area contributed by atoms with Gasteiger partial charge in [0.1, 0.15) is 29.6 Å². The maximum Gasteiger partial charge on any atom is 0.573 e. The number of aliphatic carboxylic acids is 1. The van der Waals surface area contributed by atoms with Crippen LogP contribution in [-0.4, -0.2) is 22.6 Å². The van der Waals surface area contributed by atoms with Crippen LogP contribution in [0.1, 0.15) is 35.6 Å². The minimum atomic E-state index is -4.85. The summed E-state index contributed by atoms with van der Waals surface area (Å²) < 4.78 is 55.1. The van der Waals surface area contributed by atoms with Crippen molar-refractivity contribution in [3.05, 3.63) is 89.7 Å². The lowest BCUT2D eigenvalue weighted by atomic mass is 10.0. The quantitative estimate of drug-likeness (QED) is 0.262. The molecule has 37 heavy (non-hydrogen) atoms. The van der Waals surface area contributed by atoms with E-state index in [0.29, 0.717) is 22.6 Å². The SMILES string of the molecule is O=C(O)Cc1ccc(-c2ccccc2OCc2c(-c3ccccc3OC(F)(F)F)noc2C2CC2)cc1. The molecule has 0 saturated heterocycles. The highest BCUT2D eigenvalue weighted by atomic mass is 19.4. The first-order chi connectivity index (χ1) is 17.8. The molecule has 1 heterocycles. The Bertz CT molecular complexity index is 1410. The van der Waals surface area contributed by atoms with Gasteiger partial charge in [0, 0.05) is 17.0 Å². The van der Waals surface area contributed by atoms with E-state index in [9.17, 15) is 18.0 Å². The number of halogens is 3. The second kappa shape index (κ2) is 10.0. The molecule has 4 aromatic rings. The fourth-order valence-electron chi connectivity index (χ4n) is 4.17. The highest BCUT2D eigenvalue weighted by Gasteiger charge is 2.36. The number of carboxylic acid groups (broad SMARTS) is 1. The van der Waals surface area contributed by atoms with Crippen LogP contribution in [0.15, 0.2) is 77.3 Å². The monoisotopic (exact) mass is 509 g/mol. The Labute approximate surface area is 210 Å². The predicted molar refractivity (Wildman–Crippen MR) is 128 cm³/mol. The third kappa shape index (κ3) is 5.77. The number of alkyl halides is 3. The van der Waals surface area contributed by atoms with Crippen molar-refractivity contribution >= 4 is 5.97 Å². The van der Waals surface area contributed by atoms with Crippen molar-refractivity contribution in [3.8, 4) is 33.9 Å². The van der Waals surface area contributed by atoms with Crippen molar-refractivity contribution in [2.24, 2.45) is 0 Å². The van der Waals surface area contributed by atoms with Crippen LogP contribution in [-0.2, 0) is 17.8 Å². The number of rotatable bonds is 9. The van der Waals surface area contributed by atoms with Gasteiger partial charge in [-0.25, -0.2) is 0 Å². The van der Waals surface area contributed by atoms with E-state index in [0.717, 1.165) is 24.0 Å². The summed E-state index contributed by atoms with van der Waals surface area (Å²) in [5.41, 5.74) is 3.29. The molecule has 0 amide bonds. The van der Waals surface area contributed by atoms with E-state index in [-0.39, 0.29) is 36.0 Å². The molecule has 0 bridgehead atoms. The lowest BCUT2D eigenvalue weighted by molar-refractivity contribution is -0.274. The molecule has 1 fully saturated rings. The maximum absolute atomic E-state index is 13.0. The fourth-order valence-corrected chi connectivity index (χ4v) is 4.17. The number of carbonyl (C=O) groups is 1.